The van der Waals surface area contributed by atoms with Gasteiger partial charge in [-0.15, -0.1) is 0 Å². The standard InChI is InChI=1S/C30H20BrNO/c31-22-18-21(26-15-9-16-28-27-14-7-8-17-29(27)33-30(26)28)19-25(20-22)32(23-10-3-1-4-11-23)24-12-5-2-6-13-24/h1-20H. The van der Waals surface area contributed by atoms with Crippen molar-refractivity contribution in [1.82, 2.24) is 0 Å². The third-order valence-electron chi connectivity index (χ3n) is 5.88. The number of anilines is 3. The highest BCUT2D eigenvalue weighted by molar-refractivity contribution is 9.10. The predicted molar refractivity (Wildman–Crippen MR) is 142 cm³/mol. The molecule has 0 amide bonds. The van der Waals surface area contributed by atoms with Crippen LogP contribution >= 0.6 is 15.9 Å². The van der Waals surface area contributed by atoms with Crippen LogP contribution in [-0.4, -0.2) is 0 Å². The molecule has 0 spiro atoms. The summed E-state index contributed by atoms with van der Waals surface area (Å²) < 4.78 is 7.33. The van der Waals surface area contributed by atoms with Gasteiger partial charge in [-0.05, 0) is 54.1 Å². The van der Waals surface area contributed by atoms with Crippen LogP contribution in [0.15, 0.2) is 130 Å². The van der Waals surface area contributed by atoms with Crippen LogP contribution in [0.4, 0.5) is 17.1 Å². The summed E-state index contributed by atoms with van der Waals surface area (Å²) in [7, 11) is 0. The number of rotatable bonds is 4. The number of hydrogen-bond acceptors (Lipinski definition) is 2. The van der Waals surface area contributed by atoms with Crippen LogP contribution in [0.3, 0.4) is 0 Å². The molecule has 2 nitrogen and oxygen atoms in total. The maximum absolute atomic E-state index is 6.32. The van der Waals surface area contributed by atoms with Crippen molar-refractivity contribution in [2.45, 2.75) is 0 Å². The zero-order chi connectivity index (χ0) is 22.2. The summed E-state index contributed by atoms with van der Waals surface area (Å²) in [4.78, 5) is 2.27. The number of hydrogen-bond donors (Lipinski definition) is 0. The van der Waals surface area contributed by atoms with Gasteiger partial charge in [-0.1, -0.05) is 88.7 Å². The molecule has 6 aromatic rings. The van der Waals surface area contributed by atoms with E-state index in [1.807, 2.05) is 24.3 Å². The lowest BCUT2D eigenvalue weighted by Crippen LogP contribution is -2.09. The number of halogens is 1. The van der Waals surface area contributed by atoms with Gasteiger partial charge >= 0.3 is 0 Å². The summed E-state index contributed by atoms with van der Waals surface area (Å²) in [6.07, 6.45) is 0. The van der Waals surface area contributed by atoms with E-state index >= 15 is 0 Å². The Morgan fingerprint density at radius 3 is 1.91 bits per heavy atom. The second-order valence-electron chi connectivity index (χ2n) is 7.99. The molecule has 3 heteroatoms. The Labute approximate surface area is 200 Å². The van der Waals surface area contributed by atoms with Crippen molar-refractivity contribution in [2.75, 3.05) is 4.90 Å². The first-order chi connectivity index (χ1) is 16.3. The van der Waals surface area contributed by atoms with Crippen molar-refractivity contribution >= 4 is 54.9 Å². The fraction of sp³-hybridized carbons (Fsp3) is 0. The van der Waals surface area contributed by atoms with Crippen LogP contribution in [0.25, 0.3) is 33.1 Å². The molecule has 0 aliphatic carbocycles. The molecule has 0 aliphatic heterocycles. The van der Waals surface area contributed by atoms with Crippen LogP contribution in [0.1, 0.15) is 0 Å². The van der Waals surface area contributed by atoms with Gasteiger partial charge in [0, 0.05) is 37.9 Å². The highest BCUT2D eigenvalue weighted by Crippen LogP contribution is 2.41. The molecule has 0 atom stereocenters. The zero-order valence-electron chi connectivity index (χ0n) is 17.8. The second kappa shape index (κ2) is 8.27. The Hall–Kier alpha value is -3.82. The molecule has 0 saturated carbocycles. The molecule has 0 N–H and O–H groups in total. The van der Waals surface area contributed by atoms with Crippen molar-refractivity contribution in [1.29, 1.82) is 0 Å². The quantitative estimate of drug-likeness (QED) is 0.245. The van der Waals surface area contributed by atoms with E-state index in [0.717, 1.165) is 54.6 Å². The fourth-order valence-electron chi connectivity index (χ4n) is 4.43. The van der Waals surface area contributed by atoms with E-state index in [4.69, 9.17) is 4.42 Å². The van der Waals surface area contributed by atoms with E-state index in [9.17, 15) is 0 Å². The first kappa shape index (κ1) is 19.8. The summed E-state index contributed by atoms with van der Waals surface area (Å²) >= 11 is 3.77. The predicted octanol–water partition coefficient (Wildman–Crippen LogP) is 9.49. The van der Waals surface area contributed by atoms with Gasteiger partial charge in [-0.3, -0.25) is 0 Å². The first-order valence-corrected chi connectivity index (χ1v) is 11.7. The van der Waals surface area contributed by atoms with Crippen LogP contribution < -0.4 is 4.90 Å². The van der Waals surface area contributed by atoms with Gasteiger partial charge in [0.1, 0.15) is 11.2 Å². The Balaban J connectivity index is 1.57. The third kappa shape index (κ3) is 3.61. The van der Waals surface area contributed by atoms with Crippen molar-refractivity contribution in [3.63, 3.8) is 0 Å². The summed E-state index contributed by atoms with van der Waals surface area (Å²) in [6, 6.07) is 42.0. The van der Waals surface area contributed by atoms with Gasteiger partial charge in [0.2, 0.25) is 0 Å². The molecule has 0 fully saturated rings. The number of nitrogens with zero attached hydrogens (tertiary/aromatic N) is 1. The Bertz CT molecular complexity index is 1530. The molecule has 33 heavy (non-hydrogen) atoms. The van der Waals surface area contributed by atoms with Crippen LogP contribution in [-0.2, 0) is 0 Å². The van der Waals surface area contributed by atoms with Crippen molar-refractivity contribution in [3.05, 3.63) is 126 Å². The maximum Gasteiger partial charge on any atom is 0.143 e. The van der Waals surface area contributed by atoms with E-state index < -0.39 is 0 Å². The van der Waals surface area contributed by atoms with E-state index in [2.05, 4.69) is 118 Å². The molecule has 158 valence electrons. The van der Waals surface area contributed by atoms with Crippen molar-refractivity contribution in [2.24, 2.45) is 0 Å². The molecule has 6 rings (SSSR count). The molecule has 0 bridgehead atoms. The van der Waals surface area contributed by atoms with Crippen LogP contribution in [0, 0.1) is 0 Å². The highest BCUT2D eigenvalue weighted by Gasteiger charge is 2.16. The monoisotopic (exact) mass is 489 g/mol. The van der Waals surface area contributed by atoms with Gasteiger partial charge in [-0.2, -0.15) is 0 Å². The molecular formula is C30H20BrNO. The number of benzene rings is 5. The van der Waals surface area contributed by atoms with Crippen LogP contribution in [0.2, 0.25) is 0 Å². The number of furan rings is 1. The Morgan fingerprint density at radius 1 is 0.545 bits per heavy atom. The third-order valence-corrected chi connectivity index (χ3v) is 6.34. The minimum atomic E-state index is 0.908. The fourth-order valence-corrected chi connectivity index (χ4v) is 4.92. The molecular weight excluding hydrogens is 470 g/mol. The van der Waals surface area contributed by atoms with Gasteiger partial charge in [0.05, 0.1) is 0 Å². The summed E-state index contributed by atoms with van der Waals surface area (Å²) in [6.45, 7) is 0. The van der Waals surface area contributed by atoms with E-state index in [1.165, 1.54) is 0 Å². The molecule has 0 unspecified atom stereocenters. The van der Waals surface area contributed by atoms with E-state index in [-0.39, 0.29) is 0 Å². The molecule has 5 aromatic carbocycles. The average molecular weight is 490 g/mol. The van der Waals surface area contributed by atoms with E-state index in [0.29, 0.717) is 0 Å². The second-order valence-corrected chi connectivity index (χ2v) is 8.90. The topological polar surface area (TPSA) is 16.4 Å². The van der Waals surface area contributed by atoms with Crippen molar-refractivity contribution < 1.29 is 4.42 Å². The summed E-state index contributed by atoms with van der Waals surface area (Å²) in [5, 5.41) is 2.27. The maximum atomic E-state index is 6.32. The number of fused-ring (bicyclic) bond motifs is 3. The largest absolute Gasteiger partial charge is 0.455 e. The highest BCUT2D eigenvalue weighted by atomic mass is 79.9. The molecule has 0 radical (unpaired) electrons. The lowest BCUT2D eigenvalue weighted by molar-refractivity contribution is 0.670. The Morgan fingerprint density at radius 2 is 1.18 bits per heavy atom. The Kier molecular flexibility index (Phi) is 4.97. The van der Waals surface area contributed by atoms with Gasteiger partial charge in [-0.25, -0.2) is 0 Å². The van der Waals surface area contributed by atoms with Crippen molar-refractivity contribution in [3.8, 4) is 11.1 Å². The zero-order valence-corrected chi connectivity index (χ0v) is 19.4. The molecule has 1 heterocycles. The minimum absolute atomic E-state index is 0.908. The average Bonchev–Trinajstić information content (AvgIpc) is 3.24. The van der Waals surface area contributed by atoms with Gasteiger partial charge < -0.3 is 9.32 Å². The SMILES string of the molecule is Brc1cc(-c2cccc3c2oc2ccccc23)cc(N(c2ccccc2)c2ccccc2)c1. The lowest BCUT2D eigenvalue weighted by Gasteiger charge is -2.26. The number of para-hydroxylation sites is 4. The van der Waals surface area contributed by atoms with E-state index in [1.54, 1.807) is 0 Å². The minimum Gasteiger partial charge on any atom is -0.455 e. The summed E-state index contributed by atoms with van der Waals surface area (Å²) in [5.41, 5.74) is 7.28. The summed E-state index contributed by atoms with van der Waals surface area (Å²) in [5.74, 6) is 0. The molecule has 0 aliphatic rings. The normalized spacial score (nSPS) is 11.2. The van der Waals surface area contributed by atoms with Crippen LogP contribution in [0.5, 0.6) is 0 Å². The van der Waals surface area contributed by atoms with Gasteiger partial charge in [0.25, 0.3) is 0 Å². The molecule has 0 saturated heterocycles. The molecule has 1 aromatic heterocycles. The lowest BCUT2D eigenvalue weighted by atomic mass is 10.0. The smallest absolute Gasteiger partial charge is 0.143 e. The first-order valence-electron chi connectivity index (χ1n) is 10.9. The van der Waals surface area contributed by atoms with Gasteiger partial charge in [0.15, 0.2) is 0 Å².